The number of pyridine rings is 2. The van der Waals surface area contributed by atoms with Crippen LogP contribution in [-0.4, -0.2) is 15.0 Å². The van der Waals surface area contributed by atoms with Crippen LogP contribution in [0.2, 0.25) is 0 Å². The zero-order valence-electron chi connectivity index (χ0n) is 12.9. The molecule has 112 valence electrons. The number of para-hydroxylation sites is 1. The smallest absolute Gasteiger partial charge is 0.192 e. The van der Waals surface area contributed by atoms with Crippen molar-refractivity contribution < 1.29 is 4.42 Å². The molecular weight excluding hydrogens is 286 g/mol. The molecule has 4 nitrogen and oxygen atoms in total. The summed E-state index contributed by atoms with van der Waals surface area (Å²) in [4.78, 5) is 13.6. The van der Waals surface area contributed by atoms with Gasteiger partial charge in [0.15, 0.2) is 11.7 Å². The first kappa shape index (κ1) is 13.6. The average Bonchev–Trinajstić information content (AvgIpc) is 2.96. The molecule has 0 amide bonds. The van der Waals surface area contributed by atoms with Crippen LogP contribution >= 0.6 is 0 Å². The van der Waals surface area contributed by atoms with E-state index < -0.39 is 0 Å². The van der Waals surface area contributed by atoms with Gasteiger partial charge >= 0.3 is 0 Å². The monoisotopic (exact) mass is 301 g/mol. The fourth-order valence-corrected chi connectivity index (χ4v) is 2.76. The minimum Gasteiger partial charge on any atom is -0.439 e. The molecule has 0 aliphatic rings. The summed E-state index contributed by atoms with van der Waals surface area (Å²) in [5, 5.41) is 1.05. The van der Waals surface area contributed by atoms with E-state index in [1.165, 1.54) is 0 Å². The number of benzene rings is 1. The predicted molar refractivity (Wildman–Crippen MR) is 89.9 cm³/mol. The van der Waals surface area contributed by atoms with Crippen molar-refractivity contribution in [3.8, 4) is 22.7 Å². The third-order valence-electron chi connectivity index (χ3n) is 3.76. The van der Waals surface area contributed by atoms with Crippen LogP contribution in [0.15, 0.2) is 59.1 Å². The van der Waals surface area contributed by atoms with Crippen molar-refractivity contribution in [2.24, 2.45) is 0 Å². The maximum Gasteiger partial charge on any atom is 0.192 e. The summed E-state index contributed by atoms with van der Waals surface area (Å²) in [6.45, 7) is 3.82. The summed E-state index contributed by atoms with van der Waals surface area (Å²) in [5.74, 6) is 1.32. The van der Waals surface area contributed by atoms with Crippen molar-refractivity contribution >= 4 is 10.9 Å². The molecule has 0 saturated carbocycles. The van der Waals surface area contributed by atoms with Crippen LogP contribution in [0, 0.1) is 13.8 Å². The topological polar surface area (TPSA) is 51.8 Å². The van der Waals surface area contributed by atoms with Crippen molar-refractivity contribution in [3.05, 3.63) is 66.3 Å². The van der Waals surface area contributed by atoms with Crippen LogP contribution in [0.1, 0.15) is 11.6 Å². The first-order valence-corrected chi connectivity index (χ1v) is 7.48. The molecule has 0 unspecified atom stereocenters. The lowest BCUT2D eigenvalue weighted by atomic mass is 10.0. The van der Waals surface area contributed by atoms with Gasteiger partial charge in [-0.2, -0.15) is 0 Å². The second kappa shape index (κ2) is 5.32. The highest BCUT2D eigenvalue weighted by molar-refractivity contribution is 5.96. The number of fused-ring (bicyclic) bond motifs is 1. The molecule has 0 spiro atoms. The molecule has 1 aromatic carbocycles. The Morgan fingerprint density at radius 2 is 1.74 bits per heavy atom. The molecule has 0 aliphatic carbocycles. The zero-order chi connectivity index (χ0) is 15.8. The van der Waals surface area contributed by atoms with E-state index in [9.17, 15) is 0 Å². The van der Waals surface area contributed by atoms with E-state index in [-0.39, 0.29) is 0 Å². The summed E-state index contributed by atoms with van der Waals surface area (Å²) >= 11 is 0. The lowest BCUT2D eigenvalue weighted by molar-refractivity contribution is 0.532. The minimum atomic E-state index is 0.624. The van der Waals surface area contributed by atoms with E-state index in [4.69, 9.17) is 4.42 Å². The van der Waals surface area contributed by atoms with E-state index in [0.29, 0.717) is 11.7 Å². The van der Waals surface area contributed by atoms with Gasteiger partial charge in [-0.1, -0.05) is 24.3 Å². The van der Waals surface area contributed by atoms with Gasteiger partial charge in [0.1, 0.15) is 11.4 Å². The van der Waals surface area contributed by atoms with E-state index in [1.807, 2.05) is 56.3 Å². The molecule has 4 rings (SSSR count). The first-order chi connectivity index (χ1) is 11.2. The SMILES string of the molecule is Cc1cccc(-c2oc(C)nc2-c2ccnc3ccccc23)n1. The van der Waals surface area contributed by atoms with Crippen LogP contribution in [0.25, 0.3) is 33.6 Å². The Balaban J connectivity index is 1.99. The number of aromatic nitrogens is 3. The van der Waals surface area contributed by atoms with Crippen LogP contribution in [-0.2, 0) is 0 Å². The third-order valence-corrected chi connectivity index (χ3v) is 3.76. The highest BCUT2D eigenvalue weighted by atomic mass is 16.4. The molecule has 0 radical (unpaired) electrons. The minimum absolute atomic E-state index is 0.624. The third kappa shape index (κ3) is 2.38. The summed E-state index contributed by atoms with van der Waals surface area (Å²) in [6.07, 6.45) is 1.80. The normalized spacial score (nSPS) is 11.0. The molecule has 4 aromatic rings. The quantitative estimate of drug-likeness (QED) is 0.544. The number of rotatable bonds is 2. The lowest BCUT2D eigenvalue weighted by Crippen LogP contribution is -1.89. The molecule has 3 aromatic heterocycles. The zero-order valence-corrected chi connectivity index (χ0v) is 12.9. The molecule has 0 saturated heterocycles. The molecule has 0 atom stereocenters. The Morgan fingerprint density at radius 3 is 2.61 bits per heavy atom. The maximum atomic E-state index is 5.87. The fourth-order valence-electron chi connectivity index (χ4n) is 2.76. The predicted octanol–water partition coefficient (Wildman–Crippen LogP) is 4.57. The van der Waals surface area contributed by atoms with Gasteiger partial charge in [0, 0.05) is 29.8 Å². The molecule has 0 N–H and O–H groups in total. The van der Waals surface area contributed by atoms with Crippen molar-refractivity contribution in [3.63, 3.8) is 0 Å². The average molecular weight is 301 g/mol. The molecule has 23 heavy (non-hydrogen) atoms. The van der Waals surface area contributed by atoms with Crippen molar-refractivity contribution in [1.29, 1.82) is 0 Å². The molecule has 4 heteroatoms. The Hall–Kier alpha value is -3.01. The van der Waals surface area contributed by atoms with Crippen molar-refractivity contribution in [2.45, 2.75) is 13.8 Å². The van der Waals surface area contributed by atoms with Crippen LogP contribution in [0.3, 0.4) is 0 Å². The molecule has 3 heterocycles. The molecule has 0 fully saturated rings. The number of hydrogen-bond donors (Lipinski definition) is 0. The number of hydrogen-bond acceptors (Lipinski definition) is 4. The number of oxazole rings is 1. The van der Waals surface area contributed by atoms with Gasteiger partial charge in [-0.3, -0.25) is 4.98 Å². The van der Waals surface area contributed by atoms with E-state index in [0.717, 1.165) is 33.5 Å². The highest BCUT2D eigenvalue weighted by Gasteiger charge is 2.18. The van der Waals surface area contributed by atoms with E-state index >= 15 is 0 Å². The summed E-state index contributed by atoms with van der Waals surface area (Å²) in [6, 6.07) is 15.9. The van der Waals surface area contributed by atoms with Crippen molar-refractivity contribution in [1.82, 2.24) is 15.0 Å². The summed E-state index contributed by atoms with van der Waals surface area (Å²) in [7, 11) is 0. The second-order valence-electron chi connectivity index (χ2n) is 5.45. The standard InChI is InChI=1S/C19H15N3O/c1-12-6-5-9-17(21-12)19-18(22-13(2)23-19)15-10-11-20-16-8-4-3-7-14(15)16/h3-11H,1-2H3. The molecule has 0 aliphatic heterocycles. The van der Waals surface area contributed by atoms with E-state index in [2.05, 4.69) is 21.0 Å². The van der Waals surface area contributed by atoms with Crippen LogP contribution in [0.4, 0.5) is 0 Å². The number of nitrogens with zero attached hydrogens (tertiary/aromatic N) is 3. The van der Waals surface area contributed by atoms with Gasteiger partial charge in [-0.05, 0) is 31.2 Å². The largest absolute Gasteiger partial charge is 0.439 e. The van der Waals surface area contributed by atoms with Gasteiger partial charge < -0.3 is 4.42 Å². The van der Waals surface area contributed by atoms with E-state index in [1.54, 1.807) is 6.20 Å². The lowest BCUT2D eigenvalue weighted by Gasteiger charge is -2.05. The van der Waals surface area contributed by atoms with Crippen LogP contribution in [0.5, 0.6) is 0 Å². The van der Waals surface area contributed by atoms with Gasteiger partial charge in [-0.25, -0.2) is 9.97 Å². The summed E-state index contributed by atoms with van der Waals surface area (Å²) < 4.78 is 5.87. The highest BCUT2D eigenvalue weighted by Crippen LogP contribution is 2.34. The molecular formula is C19H15N3O. The van der Waals surface area contributed by atoms with Gasteiger partial charge in [0.2, 0.25) is 0 Å². The Morgan fingerprint density at radius 1 is 0.870 bits per heavy atom. The fraction of sp³-hybridized carbons (Fsp3) is 0.105. The maximum absolute atomic E-state index is 5.87. The molecule has 0 bridgehead atoms. The first-order valence-electron chi connectivity index (χ1n) is 7.48. The Bertz CT molecular complexity index is 999. The van der Waals surface area contributed by atoms with Crippen LogP contribution < -0.4 is 0 Å². The Labute approximate surface area is 133 Å². The van der Waals surface area contributed by atoms with Gasteiger partial charge in [0.05, 0.1) is 5.52 Å². The Kier molecular flexibility index (Phi) is 3.15. The van der Waals surface area contributed by atoms with Crippen molar-refractivity contribution in [2.75, 3.05) is 0 Å². The second-order valence-corrected chi connectivity index (χ2v) is 5.45. The van der Waals surface area contributed by atoms with Gasteiger partial charge in [-0.15, -0.1) is 0 Å². The summed E-state index contributed by atoms with van der Waals surface area (Å²) in [5.41, 5.74) is 4.49. The number of aryl methyl sites for hydroxylation is 2. The van der Waals surface area contributed by atoms with Gasteiger partial charge in [0.25, 0.3) is 0 Å².